The first-order valence-electron chi connectivity index (χ1n) is 6.78. The molecule has 0 saturated carbocycles. The van der Waals surface area contributed by atoms with E-state index in [0.29, 0.717) is 30.6 Å². The Balaban J connectivity index is 1.89. The summed E-state index contributed by atoms with van der Waals surface area (Å²) in [5.41, 5.74) is 0.971. The van der Waals surface area contributed by atoms with Gasteiger partial charge in [-0.05, 0) is 6.92 Å². The molecule has 0 amide bonds. The second-order valence-corrected chi connectivity index (χ2v) is 4.74. The smallest absolute Gasteiger partial charge is 0.204 e. The third-order valence-corrected chi connectivity index (χ3v) is 3.25. The van der Waals surface area contributed by atoms with Gasteiger partial charge in [-0.25, -0.2) is 9.97 Å². The van der Waals surface area contributed by atoms with Crippen LogP contribution in [0.2, 0.25) is 0 Å². The molecule has 0 bridgehead atoms. The molecule has 112 valence electrons. The van der Waals surface area contributed by atoms with Crippen molar-refractivity contribution < 1.29 is 9.47 Å². The number of H-pyrrole nitrogens is 1. The lowest BCUT2D eigenvalue weighted by molar-refractivity contribution is 0.122. The molecule has 0 unspecified atom stereocenters. The number of morpholine rings is 1. The van der Waals surface area contributed by atoms with Crippen molar-refractivity contribution in [1.29, 1.82) is 0 Å². The summed E-state index contributed by atoms with van der Waals surface area (Å²) >= 11 is 0. The molecule has 2 N–H and O–H groups in total. The number of aromatic amines is 1. The molecule has 1 aliphatic rings. The second-order valence-electron chi connectivity index (χ2n) is 4.74. The van der Waals surface area contributed by atoms with Gasteiger partial charge < -0.3 is 19.7 Å². The molecule has 8 nitrogen and oxygen atoms in total. The van der Waals surface area contributed by atoms with Gasteiger partial charge in [0.15, 0.2) is 17.5 Å². The summed E-state index contributed by atoms with van der Waals surface area (Å²) in [7, 11) is 1.61. The van der Waals surface area contributed by atoms with E-state index in [0.717, 1.165) is 24.6 Å². The van der Waals surface area contributed by atoms with Crippen LogP contribution in [0.3, 0.4) is 0 Å². The first kappa shape index (κ1) is 13.6. The van der Waals surface area contributed by atoms with Crippen LogP contribution in [0.1, 0.15) is 5.69 Å². The highest BCUT2D eigenvalue weighted by Crippen LogP contribution is 2.33. The highest BCUT2D eigenvalue weighted by Gasteiger charge is 2.20. The number of nitrogens with zero attached hydrogens (tertiary/aromatic N) is 4. The standard InChI is InChI=1S/C13H18N6O2/c1-9-7-10(18-17-9)16-12-11(20-2)13(15-8-14-12)19-3-5-21-6-4-19/h7-8H,3-6H2,1-2H3,(H2,14,15,16,17,18). The Morgan fingerprint density at radius 1 is 1.33 bits per heavy atom. The second kappa shape index (κ2) is 5.96. The van der Waals surface area contributed by atoms with Crippen molar-refractivity contribution in [2.24, 2.45) is 0 Å². The predicted molar refractivity (Wildman–Crippen MR) is 78.2 cm³/mol. The lowest BCUT2D eigenvalue weighted by atomic mass is 10.3. The van der Waals surface area contributed by atoms with Gasteiger partial charge in [0.2, 0.25) is 5.75 Å². The molecule has 1 aliphatic heterocycles. The maximum Gasteiger partial charge on any atom is 0.204 e. The lowest BCUT2D eigenvalue weighted by Gasteiger charge is -2.29. The van der Waals surface area contributed by atoms with Crippen LogP contribution in [0.5, 0.6) is 5.75 Å². The van der Waals surface area contributed by atoms with Crippen molar-refractivity contribution in [3.8, 4) is 5.75 Å². The highest BCUT2D eigenvalue weighted by molar-refractivity contribution is 5.68. The summed E-state index contributed by atoms with van der Waals surface area (Å²) in [6.07, 6.45) is 1.52. The van der Waals surface area contributed by atoms with Gasteiger partial charge in [-0.15, -0.1) is 0 Å². The molecule has 1 fully saturated rings. The van der Waals surface area contributed by atoms with Gasteiger partial charge in [-0.3, -0.25) is 5.10 Å². The Morgan fingerprint density at radius 2 is 2.14 bits per heavy atom. The maximum atomic E-state index is 5.50. The number of rotatable bonds is 4. The van der Waals surface area contributed by atoms with E-state index in [2.05, 4.69) is 30.4 Å². The minimum atomic E-state index is 0.598. The Kier molecular flexibility index (Phi) is 3.87. The molecule has 0 atom stereocenters. The van der Waals surface area contributed by atoms with Crippen LogP contribution in [-0.2, 0) is 4.74 Å². The zero-order chi connectivity index (χ0) is 14.7. The summed E-state index contributed by atoms with van der Waals surface area (Å²) in [5.74, 6) is 2.67. The molecular formula is C13H18N6O2. The lowest BCUT2D eigenvalue weighted by Crippen LogP contribution is -2.37. The van der Waals surface area contributed by atoms with Crippen LogP contribution >= 0.6 is 0 Å². The average Bonchev–Trinajstić information content (AvgIpc) is 2.93. The topological polar surface area (TPSA) is 88.2 Å². The molecule has 0 aromatic carbocycles. The van der Waals surface area contributed by atoms with Gasteiger partial charge in [-0.1, -0.05) is 0 Å². The van der Waals surface area contributed by atoms with Crippen LogP contribution in [0, 0.1) is 6.92 Å². The van der Waals surface area contributed by atoms with Gasteiger partial charge in [-0.2, -0.15) is 5.10 Å². The molecular weight excluding hydrogens is 272 g/mol. The van der Waals surface area contributed by atoms with Gasteiger partial charge in [0.25, 0.3) is 0 Å². The van der Waals surface area contributed by atoms with Crippen molar-refractivity contribution in [3.05, 3.63) is 18.1 Å². The normalized spacial score (nSPS) is 15.0. The summed E-state index contributed by atoms with van der Waals surface area (Å²) in [4.78, 5) is 10.7. The summed E-state index contributed by atoms with van der Waals surface area (Å²) in [6, 6.07) is 1.90. The van der Waals surface area contributed by atoms with Crippen molar-refractivity contribution in [3.63, 3.8) is 0 Å². The SMILES string of the molecule is COc1c(Nc2cc(C)[nH]n2)ncnc1N1CCOCC1. The van der Waals surface area contributed by atoms with Crippen molar-refractivity contribution >= 4 is 17.5 Å². The largest absolute Gasteiger partial charge is 0.490 e. The summed E-state index contributed by atoms with van der Waals surface area (Å²) in [6.45, 7) is 4.89. The zero-order valence-corrected chi connectivity index (χ0v) is 12.1. The van der Waals surface area contributed by atoms with Crippen molar-refractivity contribution in [2.45, 2.75) is 6.92 Å². The van der Waals surface area contributed by atoms with Crippen LogP contribution in [-0.4, -0.2) is 53.6 Å². The van der Waals surface area contributed by atoms with E-state index in [-0.39, 0.29) is 0 Å². The Hall–Kier alpha value is -2.35. The third kappa shape index (κ3) is 2.89. The maximum absolute atomic E-state index is 5.50. The Morgan fingerprint density at radius 3 is 2.81 bits per heavy atom. The fraction of sp³-hybridized carbons (Fsp3) is 0.462. The number of hydrogen-bond donors (Lipinski definition) is 2. The molecule has 1 saturated heterocycles. The number of ether oxygens (including phenoxy) is 2. The Labute approximate surface area is 122 Å². The fourth-order valence-corrected chi connectivity index (χ4v) is 2.25. The number of anilines is 3. The first-order chi connectivity index (χ1) is 10.3. The molecule has 0 spiro atoms. The monoisotopic (exact) mass is 290 g/mol. The highest BCUT2D eigenvalue weighted by atomic mass is 16.5. The average molecular weight is 290 g/mol. The number of aryl methyl sites for hydroxylation is 1. The Bertz CT molecular complexity index is 608. The summed E-state index contributed by atoms with van der Waals surface area (Å²) in [5, 5.41) is 10.2. The van der Waals surface area contributed by atoms with Crippen molar-refractivity contribution in [1.82, 2.24) is 20.2 Å². The molecule has 2 aromatic heterocycles. The molecule has 3 heterocycles. The third-order valence-electron chi connectivity index (χ3n) is 3.25. The van der Waals surface area contributed by atoms with Gasteiger partial charge in [0.05, 0.1) is 20.3 Å². The van der Waals surface area contributed by atoms with Crippen LogP contribution in [0.25, 0.3) is 0 Å². The van der Waals surface area contributed by atoms with Crippen LogP contribution in [0.15, 0.2) is 12.4 Å². The molecule has 0 aliphatic carbocycles. The molecule has 2 aromatic rings. The molecule has 3 rings (SSSR count). The van der Waals surface area contributed by atoms with E-state index in [1.807, 2.05) is 13.0 Å². The van der Waals surface area contributed by atoms with E-state index in [9.17, 15) is 0 Å². The fourth-order valence-electron chi connectivity index (χ4n) is 2.25. The van der Waals surface area contributed by atoms with Gasteiger partial charge in [0, 0.05) is 24.8 Å². The molecule has 8 heteroatoms. The van der Waals surface area contributed by atoms with E-state index in [4.69, 9.17) is 9.47 Å². The predicted octanol–water partition coefficient (Wildman–Crippen LogP) is 1.10. The number of nitrogens with one attached hydrogen (secondary N) is 2. The van der Waals surface area contributed by atoms with Crippen molar-refractivity contribution in [2.75, 3.05) is 43.6 Å². The van der Waals surface area contributed by atoms with E-state index >= 15 is 0 Å². The minimum Gasteiger partial charge on any atom is -0.490 e. The van der Waals surface area contributed by atoms with E-state index in [1.165, 1.54) is 6.33 Å². The van der Waals surface area contributed by atoms with Crippen LogP contribution < -0.4 is 15.0 Å². The van der Waals surface area contributed by atoms with E-state index < -0.39 is 0 Å². The zero-order valence-electron chi connectivity index (χ0n) is 12.1. The van der Waals surface area contributed by atoms with Gasteiger partial charge in [0.1, 0.15) is 6.33 Å². The number of hydrogen-bond acceptors (Lipinski definition) is 7. The van der Waals surface area contributed by atoms with Crippen LogP contribution in [0.4, 0.5) is 17.5 Å². The number of aromatic nitrogens is 4. The minimum absolute atomic E-state index is 0.598. The summed E-state index contributed by atoms with van der Waals surface area (Å²) < 4.78 is 10.9. The molecule has 21 heavy (non-hydrogen) atoms. The number of methoxy groups -OCH3 is 1. The van der Waals surface area contributed by atoms with Gasteiger partial charge >= 0.3 is 0 Å². The van der Waals surface area contributed by atoms with E-state index in [1.54, 1.807) is 7.11 Å². The first-order valence-corrected chi connectivity index (χ1v) is 6.78. The quantitative estimate of drug-likeness (QED) is 0.871. The molecule has 0 radical (unpaired) electrons.